The molecule has 0 radical (unpaired) electrons. The molecule has 36 heavy (non-hydrogen) atoms. The minimum atomic E-state index is -0.540. The summed E-state index contributed by atoms with van der Waals surface area (Å²) >= 11 is 1.69. The predicted molar refractivity (Wildman–Crippen MR) is 138 cm³/mol. The van der Waals surface area contributed by atoms with Crippen molar-refractivity contribution in [1.82, 2.24) is 24.9 Å². The standard InChI is InChI=1S/C16H17N3O3S.C10H19FN2/c1-21-12-4-2-3-10-13-11(9-23-15(10)12)14(18-17-13)16(20)19-5-7-22-8-6-19;11-10-8-13(9-10)7-6-12-4-2-1-3-5-12/h2-4H,5-9H2,1H3,(H,17,18);10H,1-9H2. The Balaban J connectivity index is 0.000000174. The Morgan fingerprint density at radius 1 is 1.14 bits per heavy atom. The fourth-order valence-electron chi connectivity index (χ4n) is 5.14. The van der Waals surface area contributed by atoms with Gasteiger partial charge in [0.05, 0.1) is 30.9 Å². The van der Waals surface area contributed by atoms with Crippen LogP contribution in [-0.2, 0) is 10.5 Å². The zero-order valence-electron chi connectivity index (χ0n) is 21.0. The highest BCUT2D eigenvalue weighted by Crippen LogP contribution is 2.46. The summed E-state index contributed by atoms with van der Waals surface area (Å²) in [6, 6.07) is 5.92. The zero-order chi connectivity index (χ0) is 24.9. The van der Waals surface area contributed by atoms with Crippen molar-refractivity contribution in [3.05, 3.63) is 29.5 Å². The fourth-order valence-corrected chi connectivity index (χ4v) is 6.33. The van der Waals surface area contributed by atoms with Gasteiger partial charge in [-0.15, -0.1) is 11.8 Å². The van der Waals surface area contributed by atoms with E-state index in [2.05, 4.69) is 20.0 Å². The van der Waals surface area contributed by atoms with Crippen molar-refractivity contribution < 1.29 is 18.7 Å². The summed E-state index contributed by atoms with van der Waals surface area (Å²) in [7, 11) is 1.67. The Morgan fingerprint density at radius 2 is 1.89 bits per heavy atom. The number of piperidine rings is 1. The Kier molecular flexibility index (Phi) is 8.46. The van der Waals surface area contributed by atoms with E-state index in [9.17, 15) is 9.18 Å². The number of benzene rings is 1. The number of aromatic nitrogens is 2. The molecule has 1 aromatic carbocycles. The Morgan fingerprint density at radius 3 is 2.61 bits per heavy atom. The van der Waals surface area contributed by atoms with Crippen LogP contribution in [0.5, 0.6) is 5.75 Å². The van der Waals surface area contributed by atoms with Crippen LogP contribution in [0.1, 0.15) is 35.3 Å². The molecule has 5 heterocycles. The number of alkyl halides is 1. The summed E-state index contributed by atoms with van der Waals surface area (Å²) < 4.78 is 23.2. The number of morpholine rings is 1. The molecule has 3 fully saturated rings. The molecule has 4 aliphatic heterocycles. The van der Waals surface area contributed by atoms with E-state index in [1.165, 1.54) is 32.4 Å². The molecule has 0 bridgehead atoms. The lowest BCUT2D eigenvalue weighted by Crippen LogP contribution is -2.51. The Bertz CT molecular complexity index is 1030. The molecule has 1 amide bonds. The predicted octanol–water partition coefficient (Wildman–Crippen LogP) is 3.29. The summed E-state index contributed by atoms with van der Waals surface area (Å²) in [6.45, 7) is 8.52. The quantitative estimate of drug-likeness (QED) is 0.653. The second-order valence-corrected chi connectivity index (χ2v) is 10.7. The number of carbonyl (C=O) groups excluding carboxylic acids is 1. The second-order valence-electron chi connectivity index (χ2n) is 9.72. The van der Waals surface area contributed by atoms with Crippen LogP contribution in [0.2, 0.25) is 0 Å². The van der Waals surface area contributed by atoms with Crippen LogP contribution in [-0.4, -0.2) is 110 Å². The number of thioether (sulfide) groups is 1. The third-order valence-electron chi connectivity index (χ3n) is 7.29. The van der Waals surface area contributed by atoms with Crippen molar-refractivity contribution in [1.29, 1.82) is 0 Å². The van der Waals surface area contributed by atoms with Gasteiger partial charge in [-0.25, -0.2) is 4.39 Å². The van der Waals surface area contributed by atoms with Gasteiger partial charge in [0.1, 0.15) is 17.6 Å². The number of amides is 1. The van der Waals surface area contributed by atoms with Gasteiger partial charge >= 0.3 is 0 Å². The number of nitrogens with one attached hydrogen (secondary N) is 1. The number of hydrogen-bond donors (Lipinski definition) is 1. The molecule has 3 saturated heterocycles. The van der Waals surface area contributed by atoms with Crippen LogP contribution >= 0.6 is 11.8 Å². The van der Waals surface area contributed by atoms with Gasteiger partial charge in [0.15, 0.2) is 0 Å². The van der Waals surface area contributed by atoms with E-state index in [1.807, 2.05) is 23.1 Å². The molecule has 0 unspecified atom stereocenters. The van der Waals surface area contributed by atoms with Crippen molar-refractivity contribution in [2.24, 2.45) is 0 Å². The first-order valence-electron chi connectivity index (χ1n) is 13.0. The van der Waals surface area contributed by atoms with Crippen LogP contribution in [0, 0.1) is 0 Å². The van der Waals surface area contributed by atoms with Crippen LogP contribution in [0.15, 0.2) is 23.1 Å². The van der Waals surface area contributed by atoms with Gasteiger partial charge in [0.2, 0.25) is 0 Å². The van der Waals surface area contributed by atoms with E-state index >= 15 is 0 Å². The molecule has 1 N–H and O–H groups in total. The number of ether oxygens (including phenoxy) is 2. The van der Waals surface area contributed by atoms with Gasteiger partial charge in [0, 0.05) is 56.1 Å². The smallest absolute Gasteiger partial charge is 0.272 e. The molecule has 196 valence electrons. The maximum absolute atomic E-state index is 12.7. The van der Waals surface area contributed by atoms with Gasteiger partial charge in [-0.3, -0.25) is 14.8 Å². The van der Waals surface area contributed by atoms with Gasteiger partial charge < -0.3 is 19.3 Å². The number of aromatic amines is 1. The van der Waals surface area contributed by atoms with Crippen molar-refractivity contribution in [3.63, 3.8) is 0 Å². The summed E-state index contributed by atoms with van der Waals surface area (Å²) in [4.78, 5) is 20.4. The minimum Gasteiger partial charge on any atom is -0.496 e. The molecule has 6 rings (SSSR count). The lowest BCUT2D eigenvalue weighted by Gasteiger charge is -2.36. The highest BCUT2D eigenvalue weighted by atomic mass is 32.2. The van der Waals surface area contributed by atoms with Crippen LogP contribution in [0.4, 0.5) is 4.39 Å². The van der Waals surface area contributed by atoms with E-state index in [0.29, 0.717) is 50.8 Å². The molecule has 2 aromatic rings. The van der Waals surface area contributed by atoms with Crippen molar-refractivity contribution >= 4 is 17.7 Å². The summed E-state index contributed by atoms with van der Waals surface area (Å²) in [6.07, 6.45) is 3.56. The maximum atomic E-state index is 12.7. The number of rotatable bonds is 5. The largest absolute Gasteiger partial charge is 0.496 e. The summed E-state index contributed by atoms with van der Waals surface area (Å²) in [5.41, 5.74) is 3.46. The number of nitrogens with zero attached hydrogens (tertiary/aromatic N) is 4. The first kappa shape index (κ1) is 25.5. The van der Waals surface area contributed by atoms with E-state index in [-0.39, 0.29) is 5.91 Å². The maximum Gasteiger partial charge on any atom is 0.272 e. The molecule has 0 spiro atoms. The van der Waals surface area contributed by atoms with E-state index < -0.39 is 6.17 Å². The molecular weight excluding hydrogens is 481 g/mol. The average Bonchev–Trinajstić information content (AvgIpc) is 3.36. The van der Waals surface area contributed by atoms with Gasteiger partial charge in [-0.05, 0) is 32.0 Å². The SMILES string of the molecule is COc1cccc2c1SCc1c-2n[nH]c1C(=O)N1CCOCC1.FC1CN(CCN2CCCCC2)C1. The Labute approximate surface area is 216 Å². The highest BCUT2D eigenvalue weighted by molar-refractivity contribution is 7.98. The molecule has 10 heteroatoms. The highest BCUT2D eigenvalue weighted by Gasteiger charge is 2.30. The van der Waals surface area contributed by atoms with Gasteiger partial charge in [-0.2, -0.15) is 5.10 Å². The molecule has 0 saturated carbocycles. The lowest BCUT2D eigenvalue weighted by molar-refractivity contribution is 0.0298. The van der Waals surface area contributed by atoms with Crippen LogP contribution < -0.4 is 4.74 Å². The van der Waals surface area contributed by atoms with Gasteiger partial charge in [0.25, 0.3) is 5.91 Å². The third-order valence-corrected chi connectivity index (χ3v) is 8.43. The monoisotopic (exact) mass is 517 g/mol. The number of fused-ring (bicyclic) bond motifs is 3. The topological polar surface area (TPSA) is 73.9 Å². The van der Waals surface area contributed by atoms with Crippen LogP contribution in [0.25, 0.3) is 11.3 Å². The number of hydrogen-bond acceptors (Lipinski definition) is 7. The van der Waals surface area contributed by atoms with E-state index in [1.54, 1.807) is 18.9 Å². The number of carbonyl (C=O) groups is 1. The molecule has 8 nitrogen and oxygen atoms in total. The average molecular weight is 518 g/mol. The second kappa shape index (κ2) is 11.9. The minimum absolute atomic E-state index is 0.00833. The molecular formula is C26H36FN5O3S. The zero-order valence-corrected chi connectivity index (χ0v) is 21.8. The normalized spacial score (nSPS) is 20.6. The van der Waals surface area contributed by atoms with Crippen molar-refractivity contribution in [2.75, 3.05) is 72.7 Å². The van der Waals surface area contributed by atoms with E-state index in [4.69, 9.17) is 9.47 Å². The summed E-state index contributed by atoms with van der Waals surface area (Å²) in [5, 5.41) is 7.37. The Hall–Kier alpha value is -2.14. The number of H-pyrrole nitrogens is 1. The first-order valence-corrected chi connectivity index (χ1v) is 14.0. The molecule has 1 aromatic heterocycles. The fraction of sp³-hybridized carbons (Fsp3) is 0.615. The number of halogens is 1. The number of likely N-dealkylation sites (tertiary alicyclic amines) is 2. The number of methoxy groups -OCH3 is 1. The lowest BCUT2D eigenvalue weighted by atomic mass is 10.1. The van der Waals surface area contributed by atoms with Crippen molar-refractivity contribution in [2.45, 2.75) is 36.1 Å². The summed E-state index contributed by atoms with van der Waals surface area (Å²) in [5.74, 6) is 1.57. The van der Waals surface area contributed by atoms with E-state index in [0.717, 1.165) is 40.6 Å². The molecule has 4 aliphatic rings. The third kappa shape index (κ3) is 5.72. The molecule has 0 atom stereocenters. The molecule has 0 aliphatic carbocycles. The van der Waals surface area contributed by atoms with Crippen LogP contribution in [0.3, 0.4) is 0 Å². The first-order chi connectivity index (χ1) is 17.6. The van der Waals surface area contributed by atoms with Crippen molar-refractivity contribution in [3.8, 4) is 17.0 Å². The van der Waals surface area contributed by atoms with Gasteiger partial charge in [-0.1, -0.05) is 18.6 Å².